The van der Waals surface area contributed by atoms with Crippen LogP contribution in [0.5, 0.6) is 0 Å². The lowest BCUT2D eigenvalue weighted by atomic mass is 10.2. The van der Waals surface area contributed by atoms with Crippen molar-refractivity contribution in [3.63, 3.8) is 0 Å². The van der Waals surface area contributed by atoms with E-state index in [1.165, 1.54) is 12.8 Å². The van der Waals surface area contributed by atoms with E-state index in [4.69, 9.17) is 4.74 Å². The normalized spacial score (nSPS) is 27.6. The van der Waals surface area contributed by atoms with E-state index in [1.54, 1.807) is 0 Å². The monoisotopic (exact) mass is 283 g/mol. The summed E-state index contributed by atoms with van der Waals surface area (Å²) in [5.74, 6) is 0.242. The summed E-state index contributed by atoms with van der Waals surface area (Å²) in [6, 6.07) is 0.952. The lowest BCUT2D eigenvalue weighted by molar-refractivity contribution is -0.139. The minimum atomic E-state index is 0.164. The summed E-state index contributed by atoms with van der Waals surface area (Å²) in [4.78, 5) is 16.7. The zero-order valence-electron chi connectivity index (χ0n) is 13.1. The highest BCUT2D eigenvalue weighted by atomic mass is 16.5. The van der Waals surface area contributed by atoms with Crippen molar-refractivity contribution < 1.29 is 9.53 Å². The van der Waals surface area contributed by atoms with Crippen molar-refractivity contribution in [2.24, 2.45) is 0 Å². The zero-order chi connectivity index (χ0) is 14.5. The van der Waals surface area contributed by atoms with Crippen LogP contribution >= 0.6 is 0 Å². The predicted octanol–water partition coefficient (Wildman–Crippen LogP) is 0.696. The van der Waals surface area contributed by atoms with Crippen molar-refractivity contribution in [3.8, 4) is 0 Å². The molecule has 0 aromatic heterocycles. The quantitative estimate of drug-likeness (QED) is 0.806. The average Bonchev–Trinajstić information content (AvgIpc) is 2.90. The Morgan fingerprint density at radius 2 is 2.30 bits per heavy atom. The maximum absolute atomic E-state index is 12.4. The second-order valence-electron chi connectivity index (χ2n) is 6.34. The van der Waals surface area contributed by atoms with Gasteiger partial charge >= 0.3 is 0 Å². The molecule has 2 fully saturated rings. The Labute approximate surface area is 122 Å². The molecule has 2 aliphatic rings. The summed E-state index contributed by atoms with van der Waals surface area (Å²) in [7, 11) is 0. The minimum absolute atomic E-state index is 0.164. The van der Waals surface area contributed by atoms with Crippen molar-refractivity contribution in [1.29, 1.82) is 0 Å². The molecule has 20 heavy (non-hydrogen) atoms. The number of hydrogen-bond acceptors (Lipinski definition) is 4. The van der Waals surface area contributed by atoms with Crippen molar-refractivity contribution in [2.75, 3.05) is 39.3 Å². The minimum Gasteiger partial charge on any atom is -0.375 e. The van der Waals surface area contributed by atoms with Crippen LogP contribution in [0.4, 0.5) is 0 Å². The van der Waals surface area contributed by atoms with Crippen molar-refractivity contribution >= 4 is 5.91 Å². The maximum Gasteiger partial charge on any atom is 0.236 e. The SMILES string of the molecule is CC1CN(C(=O)CN(CC2CCCN2)C(C)C)CCO1. The predicted molar refractivity (Wildman–Crippen MR) is 79.7 cm³/mol. The molecule has 2 atom stereocenters. The molecule has 0 aromatic rings. The van der Waals surface area contributed by atoms with E-state index < -0.39 is 0 Å². The van der Waals surface area contributed by atoms with Gasteiger partial charge in [0.15, 0.2) is 0 Å². The highest BCUT2D eigenvalue weighted by Gasteiger charge is 2.26. The third kappa shape index (κ3) is 4.43. The van der Waals surface area contributed by atoms with Crippen LogP contribution in [0.15, 0.2) is 0 Å². The van der Waals surface area contributed by atoms with Gasteiger partial charge in [-0.2, -0.15) is 0 Å². The molecule has 0 aliphatic carbocycles. The van der Waals surface area contributed by atoms with Crippen LogP contribution in [0, 0.1) is 0 Å². The fourth-order valence-corrected chi connectivity index (χ4v) is 2.97. The first-order chi connectivity index (χ1) is 9.56. The second kappa shape index (κ2) is 7.38. The van der Waals surface area contributed by atoms with Crippen LogP contribution in [-0.2, 0) is 9.53 Å². The van der Waals surface area contributed by atoms with Crippen LogP contribution in [0.25, 0.3) is 0 Å². The molecule has 2 rings (SSSR count). The molecule has 2 aliphatic heterocycles. The molecule has 2 unspecified atom stereocenters. The Morgan fingerprint density at radius 3 is 2.90 bits per heavy atom. The summed E-state index contributed by atoms with van der Waals surface area (Å²) < 4.78 is 5.50. The second-order valence-corrected chi connectivity index (χ2v) is 6.34. The molecule has 1 N–H and O–H groups in total. The Hall–Kier alpha value is -0.650. The van der Waals surface area contributed by atoms with Crippen LogP contribution in [-0.4, -0.2) is 73.2 Å². The Bertz CT molecular complexity index is 316. The zero-order valence-corrected chi connectivity index (χ0v) is 13.1. The van der Waals surface area contributed by atoms with Gasteiger partial charge in [-0.1, -0.05) is 0 Å². The topological polar surface area (TPSA) is 44.8 Å². The molecule has 0 saturated carbocycles. The molecule has 5 heteroatoms. The van der Waals surface area contributed by atoms with E-state index in [-0.39, 0.29) is 12.0 Å². The highest BCUT2D eigenvalue weighted by Crippen LogP contribution is 2.11. The molecule has 2 heterocycles. The van der Waals surface area contributed by atoms with Gasteiger partial charge in [0.1, 0.15) is 0 Å². The van der Waals surface area contributed by atoms with E-state index in [2.05, 4.69) is 24.1 Å². The largest absolute Gasteiger partial charge is 0.375 e. The summed E-state index contributed by atoms with van der Waals surface area (Å²) in [6.07, 6.45) is 2.65. The number of hydrogen-bond donors (Lipinski definition) is 1. The van der Waals surface area contributed by atoms with E-state index in [1.807, 2.05) is 11.8 Å². The van der Waals surface area contributed by atoms with E-state index >= 15 is 0 Å². The third-order valence-corrected chi connectivity index (χ3v) is 4.28. The summed E-state index contributed by atoms with van der Waals surface area (Å²) in [5, 5.41) is 3.52. The van der Waals surface area contributed by atoms with Crippen LogP contribution in [0.2, 0.25) is 0 Å². The number of rotatable bonds is 5. The molecule has 2 saturated heterocycles. The smallest absolute Gasteiger partial charge is 0.236 e. The molecule has 116 valence electrons. The number of amides is 1. The lowest BCUT2D eigenvalue weighted by Crippen LogP contribution is -2.51. The lowest BCUT2D eigenvalue weighted by Gasteiger charge is -2.35. The average molecular weight is 283 g/mol. The summed E-state index contributed by atoms with van der Waals surface area (Å²) >= 11 is 0. The maximum atomic E-state index is 12.4. The first-order valence-electron chi connectivity index (χ1n) is 7.93. The number of nitrogens with zero attached hydrogens (tertiary/aromatic N) is 2. The van der Waals surface area contributed by atoms with Gasteiger partial charge in [-0.15, -0.1) is 0 Å². The molecule has 0 radical (unpaired) electrons. The molecule has 0 aromatic carbocycles. The number of nitrogens with one attached hydrogen (secondary N) is 1. The standard InChI is InChI=1S/C15H29N3O2/c1-12(2)18(10-14-5-4-6-16-14)11-15(19)17-7-8-20-13(3)9-17/h12-14,16H,4-11H2,1-3H3. The van der Waals surface area contributed by atoms with Crippen molar-refractivity contribution in [3.05, 3.63) is 0 Å². The molecule has 1 amide bonds. The third-order valence-electron chi connectivity index (χ3n) is 4.28. The molecular weight excluding hydrogens is 254 g/mol. The van der Waals surface area contributed by atoms with E-state index in [0.29, 0.717) is 25.2 Å². The van der Waals surface area contributed by atoms with Gasteiger partial charge < -0.3 is 15.0 Å². The summed E-state index contributed by atoms with van der Waals surface area (Å²) in [5.41, 5.74) is 0. The van der Waals surface area contributed by atoms with Gasteiger partial charge in [0.2, 0.25) is 5.91 Å². The van der Waals surface area contributed by atoms with Crippen molar-refractivity contribution in [1.82, 2.24) is 15.1 Å². The first-order valence-corrected chi connectivity index (χ1v) is 7.93. The van der Waals surface area contributed by atoms with E-state index in [0.717, 1.165) is 26.2 Å². The first kappa shape index (κ1) is 15.7. The van der Waals surface area contributed by atoms with Crippen molar-refractivity contribution in [2.45, 2.75) is 51.8 Å². The number of morpholine rings is 1. The fraction of sp³-hybridized carbons (Fsp3) is 0.933. The van der Waals surface area contributed by atoms with Crippen LogP contribution in [0.1, 0.15) is 33.6 Å². The number of carbonyl (C=O) groups excluding carboxylic acids is 1. The van der Waals surface area contributed by atoms with Gasteiger partial charge in [0.25, 0.3) is 0 Å². The van der Waals surface area contributed by atoms with Gasteiger partial charge in [-0.3, -0.25) is 9.69 Å². The Morgan fingerprint density at radius 1 is 1.50 bits per heavy atom. The Kier molecular flexibility index (Phi) is 5.81. The fourth-order valence-electron chi connectivity index (χ4n) is 2.97. The molecule has 5 nitrogen and oxygen atoms in total. The van der Waals surface area contributed by atoms with Gasteiger partial charge in [0, 0.05) is 31.7 Å². The van der Waals surface area contributed by atoms with Gasteiger partial charge in [-0.05, 0) is 40.2 Å². The van der Waals surface area contributed by atoms with Gasteiger partial charge in [0.05, 0.1) is 19.3 Å². The van der Waals surface area contributed by atoms with E-state index in [9.17, 15) is 4.79 Å². The number of carbonyl (C=O) groups is 1. The van der Waals surface area contributed by atoms with Gasteiger partial charge in [-0.25, -0.2) is 0 Å². The summed E-state index contributed by atoms with van der Waals surface area (Å²) in [6.45, 7) is 11.1. The molecule has 0 bridgehead atoms. The van der Waals surface area contributed by atoms with Crippen LogP contribution in [0.3, 0.4) is 0 Å². The van der Waals surface area contributed by atoms with Crippen LogP contribution < -0.4 is 5.32 Å². The number of ether oxygens (including phenoxy) is 1. The molecule has 0 spiro atoms. The molecular formula is C15H29N3O2. The highest BCUT2D eigenvalue weighted by molar-refractivity contribution is 5.78. The Balaban J connectivity index is 1.84.